The van der Waals surface area contributed by atoms with Crippen molar-refractivity contribution in [2.45, 2.75) is 6.54 Å². The lowest BCUT2D eigenvalue weighted by molar-refractivity contribution is 0.0690. The van der Waals surface area contributed by atoms with Gasteiger partial charge in [-0.25, -0.2) is 4.79 Å². The van der Waals surface area contributed by atoms with Crippen LogP contribution in [-0.2, 0) is 6.54 Å². The molecule has 0 spiro atoms. The molecular formula is C12H12BrN3O3. The Morgan fingerprint density at radius 1 is 1.58 bits per heavy atom. The molecule has 0 radical (unpaired) electrons. The van der Waals surface area contributed by atoms with Crippen LogP contribution in [0, 0.1) is 0 Å². The number of nitrogens with zero attached hydrogens (tertiary/aromatic N) is 2. The van der Waals surface area contributed by atoms with Gasteiger partial charge in [0.1, 0.15) is 5.75 Å². The first-order valence-electron chi connectivity index (χ1n) is 5.40. The molecule has 0 atom stereocenters. The van der Waals surface area contributed by atoms with E-state index in [1.165, 1.54) is 10.9 Å². The van der Waals surface area contributed by atoms with Crippen molar-refractivity contribution in [3.8, 4) is 5.75 Å². The molecule has 0 aliphatic heterocycles. The summed E-state index contributed by atoms with van der Waals surface area (Å²) in [4.78, 5) is 10.9. The third kappa shape index (κ3) is 2.87. The Morgan fingerprint density at radius 2 is 2.32 bits per heavy atom. The van der Waals surface area contributed by atoms with Gasteiger partial charge in [-0.3, -0.25) is 4.68 Å². The van der Waals surface area contributed by atoms with Crippen LogP contribution >= 0.6 is 15.9 Å². The maximum atomic E-state index is 10.9. The van der Waals surface area contributed by atoms with Crippen LogP contribution in [-0.4, -0.2) is 28.0 Å². The highest BCUT2D eigenvalue weighted by Gasteiger charge is 2.14. The number of ether oxygens (including phenoxy) is 1. The number of aromatic carboxylic acids is 1. The number of rotatable bonds is 4. The Hall–Kier alpha value is -2.02. The minimum Gasteiger partial charge on any atom is -0.497 e. The summed E-state index contributed by atoms with van der Waals surface area (Å²) in [6, 6.07) is 5.54. The van der Waals surface area contributed by atoms with Crippen molar-refractivity contribution in [1.29, 1.82) is 0 Å². The van der Waals surface area contributed by atoms with Crippen molar-refractivity contribution in [1.82, 2.24) is 9.78 Å². The molecule has 0 bridgehead atoms. The Kier molecular flexibility index (Phi) is 3.75. The molecule has 6 nitrogen and oxygen atoms in total. The van der Waals surface area contributed by atoms with E-state index in [1.807, 2.05) is 18.2 Å². The SMILES string of the molecule is COc1ccc(Br)c(Cn2cc(N)c(C(=O)O)n2)c1. The molecule has 2 aromatic rings. The summed E-state index contributed by atoms with van der Waals surface area (Å²) in [5, 5.41) is 12.8. The summed E-state index contributed by atoms with van der Waals surface area (Å²) in [5.41, 5.74) is 6.51. The van der Waals surface area contributed by atoms with Crippen molar-refractivity contribution >= 4 is 27.6 Å². The topological polar surface area (TPSA) is 90.4 Å². The number of carboxylic acids is 1. The molecule has 0 fully saturated rings. The van der Waals surface area contributed by atoms with Crippen LogP contribution in [0.15, 0.2) is 28.9 Å². The van der Waals surface area contributed by atoms with Crippen LogP contribution in [0.3, 0.4) is 0 Å². The Labute approximate surface area is 117 Å². The number of carboxylic acid groups (broad SMARTS) is 1. The molecule has 3 N–H and O–H groups in total. The quantitative estimate of drug-likeness (QED) is 0.897. The van der Waals surface area contributed by atoms with Gasteiger partial charge in [0.15, 0.2) is 5.69 Å². The summed E-state index contributed by atoms with van der Waals surface area (Å²) in [6.07, 6.45) is 1.50. The highest BCUT2D eigenvalue weighted by Crippen LogP contribution is 2.23. The average Bonchev–Trinajstić information content (AvgIpc) is 2.73. The number of benzene rings is 1. The molecule has 0 aliphatic rings. The first-order valence-corrected chi connectivity index (χ1v) is 6.19. The number of anilines is 1. The smallest absolute Gasteiger partial charge is 0.358 e. The van der Waals surface area contributed by atoms with E-state index in [2.05, 4.69) is 21.0 Å². The van der Waals surface area contributed by atoms with Crippen molar-refractivity contribution < 1.29 is 14.6 Å². The molecule has 0 saturated carbocycles. The van der Waals surface area contributed by atoms with E-state index in [0.29, 0.717) is 6.54 Å². The standard InChI is InChI=1S/C12H12BrN3O3/c1-19-8-2-3-9(13)7(4-8)5-16-6-10(14)11(15-16)12(17)18/h2-4,6H,5,14H2,1H3,(H,17,18). The number of halogens is 1. The lowest BCUT2D eigenvalue weighted by Crippen LogP contribution is -2.05. The van der Waals surface area contributed by atoms with E-state index < -0.39 is 5.97 Å². The fourth-order valence-electron chi connectivity index (χ4n) is 1.66. The first kappa shape index (κ1) is 13.4. The maximum Gasteiger partial charge on any atom is 0.358 e. The van der Waals surface area contributed by atoms with Crippen molar-refractivity contribution in [3.63, 3.8) is 0 Å². The van der Waals surface area contributed by atoms with Crippen LogP contribution in [0.25, 0.3) is 0 Å². The van der Waals surface area contributed by atoms with Crippen molar-refractivity contribution in [3.05, 3.63) is 40.1 Å². The first-order chi connectivity index (χ1) is 9.01. The van der Waals surface area contributed by atoms with Gasteiger partial charge in [0.25, 0.3) is 0 Å². The summed E-state index contributed by atoms with van der Waals surface area (Å²) in [5.74, 6) is -0.419. The number of aromatic nitrogens is 2. The second-order valence-electron chi connectivity index (χ2n) is 3.89. The zero-order valence-corrected chi connectivity index (χ0v) is 11.7. The minimum atomic E-state index is -1.14. The highest BCUT2D eigenvalue weighted by atomic mass is 79.9. The van der Waals surface area contributed by atoms with Gasteiger partial charge in [-0.1, -0.05) is 15.9 Å². The number of carbonyl (C=O) groups is 1. The molecule has 19 heavy (non-hydrogen) atoms. The van der Waals surface area contributed by atoms with Gasteiger partial charge >= 0.3 is 5.97 Å². The molecule has 2 rings (SSSR count). The maximum absolute atomic E-state index is 10.9. The van der Waals surface area contributed by atoms with E-state index in [4.69, 9.17) is 15.6 Å². The van der Waals surface area contributed by atoms with Gasteiger partial charge in [0, 0.05) is 10.7 Å². The van der Waals surface area contributed by atoms with E-state index in [9.17, 15) is 4.79 Å². The predicted octanol–water partition coefficient (Wildman–Crippen LogP) is 1.98. The third-order valence-corrected chi connectivity index (χ3v) is 3.35. The number of methoxy groups -OCH3 is 1. The molecule has 1 aromatic carbocycles. The van der Waals surface area contributed by atoms with E-state index in [0.717, 1.165) is 15.8 Å². The lowest BCUT2D eigenvalue weighted by Gasteiger charge is -2.07. The van der Waals surface area contributed by atoms with Gasteiger partial charge < -0.3 is 15.6 Å². The fourth-order valence-corrected chi connectivity index (χ4v) is 2.03. The lowest BCUT2D eigenvalue weighted by atomic mass is 10.2. The van der Waals surface area contributed by atoms with Crippen LogP contribution in [0.1, 0.15) is 16.1 Å². The number of nitrogens with two attached hydrogens (primary N) is 1. The molecule has 0 amide bonds. The normalized spacial score (nSPS) is 10.4. The second kappa shape index (κ2) is 5.31. The van der Waals surface area contributed by atoms with Gasteiger partial charge in [0.2, 0.25) is 0 Å². The largest absolute Gasteiger partial charge is 0.497 e. The van der Waals surface area contributed by atoms with E-state index >= 15 is 0 Å². The molecular weight excluding hydrogens is 314 g/mol. The molecule has 100 valence electrons. The summed E-state index contributed by atoms with van der Waals surface area (Å²) in [6.45, 7) is 0.398. The van der Waals surface area contributed by atoms with Crippen LogP contribution in [0.2, 0.25) is 0 Å². The molecule has 1 heterocycles. The van der Waals surface area contributed by atoms with Crippen LogP contribution < -0.4 is 10.5 Å². The van der Waals surface area contributed by atoms with Gasteiger partial charge in [-0.2, -0.15) is 5.10 Å². The van der Waals surface area contributed by atoms with E-state index in [1.54, 1.807) is 7.11 Å². The molecule has 0 unspecified atom stereocenters. The third-order valence-electron chi connectivity index (χ3n) is 2.58. The predicted molar refractivity (Wildman–Crippen MR) is 73.4 cm³/mol. The van der Waals surface area contributed by atoms with Crippen molar-refractivity contribution in [2.24, 2.45) is 0 Å². The van der Waals surface area contributed by atoms with Crippen LogP contribution in [0.5, 0.6) is 5.75 Å². The minimum absolute atomic E-state index is 0.140. The fraction of sp³-hybridized carbons (Fsp3) is 0.167. The Balaban J connectivity index is 2.30. The molecule has 0 aliphatic carbocycles. The number of hydrogen-bond donors (Lipinski definition) is 2. The van der Waals surface area contributed by atoms with Crippen molar-refractivity contribution in [2.75, 3.05) is 12.8 Å². The number of nitrogen functional groups attached to an aromatic ring is 1. The highest BCUT2D eigenvalue weighted by molar-refractivity contribution is 9.10. The molecule has 7 heteroatoms. The van der Waals surface area contributed by atoms with Gasteiger partial charge in [-0.05, 0) is 23.8 Å². The Morgan fingerprint density at radius 3 is 2.89 bits per heavy atom. The molecule has 0 saturated heterocycles. The van der Waals surface area contributed by atoms with Gasteiger partial charge in [-0.15, -0.1) is 0 Å². The number of hydrogen-bond acceptors (Lipinski definition) is 4. The monoisotopic (exact) mass is 325 g/mol. The Bertz CT molecular complexity index is 625. The van der Waals surface area contributed by atoms with E-state index in [-0.39, 0.29) is 11.4 Å². The zero-order chi connectivity index (χ0) is 14.0. The average molecular weight is 326 g/mol. The second-order valence-corrected chi connectivity index (χ2v) is 4.75. The molecule has 1 aromatic heterocycles. The summed E-state index contributed by atoms with van der Waals surface area (Å²) >= 11 is 3.43. The van der Waals surface area contributed by atoms with Gasteiger partial charge in [0.05, 0.1) is 19.3 Å². The summed E-state index contributed by atoms with van der Waals surface area (Å²) in [7, 11) is 1.58. The zero-order valence-electron chi connectivity index (χ0n) is 10.1. The van der Waals surface area contributed by atoms with Crippen LogP contribution in [0.4, 0.5) is 5.69 Å². The summed E-state index contributed by atoms with van der Waals surface area (Å²) < 4.78 is 7.52.